The molecule has 3 aromatic rings. The second kappa shape index (κ2) is 8.25. The third-order valence-corrected chi connectivity index (χ3v) is 5.53. The SMILES string of the molecule is CCc1nc2cc(NC(=O)c3ccc(N4CCOCC4)c(C)c3)ccc2n1CC. The smallest absolute Gasteiger partial charge is 0.255 e. The molecule has 1 aromatic heterocycles. The molecular weight excluding hydrogens is 364 g/mol. The summed E-state index contributed by atoms with van der Waals surface area (Å²) in [6.07, 6.45) is 0.888. The number of imidazole rings is 1. The molecule has 0 bridgehead atoms. The molecule has 0 unspecified atom stereocenters. The van der Waals surface area contributed by atoms with E-state index in [1.165, 1.54) is 5.69 Å². The molecule has 1 amide bonds. The van der Waals surface area contributed by atoms with Crippen LogP contribution < -0.4 is 10.2 Å². The average Bonchev–Trinajstić information content (AvgIpc) is 3.11. The Labute approximate surface area is 171 Å². The van der Waals surface area contributed by atoms with Gasteiger partial charge in [0.25, 0.3) is 5.91 Å². The number of aromatic nitrogens is 2. The van der Waals surface area contributed by atoms with Gasteiger partial charge in [-0.15, -0.1) is 0 Å². The van der Waals surface area contributed by atoms with Crippen molar-refractivity contribution in [3.8, 4) is 0 Å². The molecule has 6 heteroatoms. The standard InChI is InChI=1S/C23H28N4O2/c1-4-22-25-19-15-18(7-9-21(19)27(22)5-2)24-23(28)17-6-8-20(16(3)14-17)26-10-12-29-13-11-26/h6-9,14-15H,4-5,10-13H2,1-3H3,(H,24,28). The Kier molecular flexibility index (Phi) is 5.53. The number of hydrogen-bond donors (Lipinski definition) is 1. The van der Waals surface area contributed by atoms with Crippen molar-refractivity contribution in [3.05, 3.63) is 53.3 Å². The van der Waals surface area contributed by atoms with Crippen LogP contribution in [0.1, 0.15) is 35.6 Å². The van der Waals surface area contributed by atoms with E-state index >= 15 is 0 Å². The molecule has 4 rings (SSSR count). The summed E-state index contributed by atoms with van der Waals surface area (Å²) in [6.45, 7) is 10.4. The number of fused-ring (bicyclic) bond motifs is 1. The average molecular weight is 393 g/mol. The van der Waals surface area contributed by atoms with E-state index in [4.69, 9.17) is 9.72 Å². The van der Waals surface area contributed by atoms with Gasteiger partial charge in [-0.3, -0.25) is 4.79 Å². The second-order valence-corrected chi connectivity index (χ2v) is 7.38. The van der Waals surface area contributed by atoms with E-state index in [2.05, 4.69) is 35.6 Å². The zero-order chi connectivity index (χ0) is 20.4. The van der Waals surface area contributed by atoms with Gasteiger partial charge in [0, 0.05) is 43.0 Å². The van der Waals surface area contributed by atoms with Crippen molar-refractivity contribution in [2.75, 3.05) is 36.5 Å². The van der Waals surface area contributed by atoms with E-state index in [0.717, 1.165) is 67.4 Å². The van der Waals surface area contributed by atoms with Crippen LogP contribution in [0, 0.1) is 6.92 Å². The topological polar surface area (TPSA) is 59.4 Å². The van der Waals surface area contributed by atoms with Crippen molar-refractivity contribution in [2.24, 2.45) is 0 Å². The Morgan fingerprint density at radius 2 is 1.93 bits per heavy atom. The molecule has 2 heterocycles. The van der Waals surface area contributed by atoms with Crippen molar-refractivity contribution >= 4 is 28.3 Å². The van der Waals surface area contributed by atoms with Gasteiger partial charge in [0.05, 0.1) is 24.2 Å². The third kappa shape index (κ3) is 3.85. The number of ether oxygens (including phenoxy) is 1. The minimum Gasteiger partial charge on any atom is -0.378 e. The van der Waals surface area contributed by atoms with Crippen LogP contribution in [0.25, 0.3) is 11.0 Å². The number of carbonyl (C=O) groups excluding carboxylic acids is 1. The molecule has 152 valence electrons. The van der Waals surface area contributed by atoms with Gasteiger partial charge in [0.1, 0.15) is 5.82 Å². The molecule has 2 aromatic carbocycles. The summed E-state index contributed by atoms with van der Waals surface area (Å²) in [5, 5.41) is 3.02. The molecule has 1 aliphatic heterocycles. The molecule has 0 aliphatic carbocycles. The number of amides is 1. The normalized spacial score (nSPS) is 14.4. The van der Waals surface area contributed by atoms with Crippen LogP contribution in [0.4, 0.5) is 11.4 Å². The molecule has 6 nitrogen and oxygen atoms in total. The molecule has 29 heavy (non-hydrogen) atoms. The first kappa shape index (κ1) is 19.5. The van der Waals surface area contributed by atoms with Crippen LogP contribution in [0.15, 0.2) is 36.4 Å². The van der Waals surface area contributed by atoms with E-state index in [1.807, 2.05) is 36.4 Å². The fraction of sp³-hybridized carbons (Fsp3) is 0.391. The molecule has 0 atom stereocenters. The number of anilines is 2. The Bertz CT molecular complexity index is 1030. The van der Waals surface area contributed by atoms with Gasteiger partial charge < -0.3 is 19.5 Å². The first-order valence-electron chi connectivity index (χ1n) is 10.3. The van der Waals surface area contributed by atoms with E-state index < -0.39 is 0 Å². The lowest BCUT2D eigenvalue weighted by Crippen LogP contribution is -2.36. The van der Waals surface area contributed by atoms with Crippen molar-refractivity contribution in [1.29, 1.82) is 0 Å². The maximum absolute atomic E-state index is 12.8. The molecular formula is C23H28N4O2. The van der Waals surface area contributed by atoms with Gasteiger partial charge in [0.2, 0.25) is 0 Å². The van der Waals surface area contributed by atoms with Crippen molar-refractivity contribution < 1.29 is 9.53 Å². The van der Waals surface area contributed by atoms with E-state index in [1.54, 1.807) is 0 Å². The van der Waals surface area contributed by atoms with Crippen LogP contribution in [-0.4, -0.2) is 41.8 Å². The zero-order valence-electron chi connectivity index (χ0n) is 17.4. The van der Waals surface area contributed by atoms with E-state index in [0.29, 0.717) is 5.56 Å². The van der Waals surface area contributed by atoms with E-state index in [9.17, 15) is 4.79 Å². The summed E-state index contributed by atoms with van der Waals surface area (Å²) in [5.74, 6) is 0.965. The zero-order valence-corrected chi connectivity index (χ0v) is 17.4. The predicted octanol–water partition coefficient (Wildman–Crippen LogP) is 4.02. The summed E-state index contributed by atoms with van der Waals surface area (Å²) in [5.41, 5.74) is 5.72. The van der Waals surface area contributed by atoms with E-state index in [-0.39, 0.29) is 5.91 Å². The number of aryl methyl sites for hydroxylation is 3. The number of nitrogens with one attached hydrogen (secondary N) is 1. The maximum Gasteiger partial charge on any atom is 0.255 e. The van der Waals surface area contributed by atoms with Crippen LogP contribution in [0.3, 0.4) is 0 Å². The fourth-order valence-corrected chi connectivity index (χ4v) is 4.04. The third-order valence-electron chi connectivity index (χ3n) is 5.53. The minimum atomic E-state index is -0.105. The van der Waals surface area contributed by atoms with Gasteiger partial charge in [-0.2, -0.15) is 0 Å². The van der Waals surface area contributed by atoms with Crippen LogP contribution in [0.5, 0.6) is 0 Å². The van der Waals surface area contributed by atoms with Crippen molar-refractivity contribution in [3.63, 3.8) is 0 Å². The number of hydrogen-bond acceptors (Lipinski definition) is 4. The summed E-state index contributed by atoms with van der Waals surface area (Å²) >= 11 is 0. The number of nitrogens with zero attached hydrogens (tertiary/aromatic N) is 3. The maximum atomic E-state index is 12.8. The molecule has 1 N–H and O–H groups in total. The van der Waals surface area contributed by atoms with Crippen LogP contribution in [-0.2, 0) is 17.7 Å². The van der Waals surface area contributed by atoms with Crippen LogP contribution in [0.2, 0.25) is 0 Å². The Hall–Kier alpha value is -2.86. The van der Waals surface area contributed by atoms with Gasteiger partial charge >= 0.3 is 0 Å². The highest BCUT2D eigenvalue weighted by molar-refractivity contribution is 6.05. The monoisotopic (exact) mass is 392 g/mol. The number of morpholine rings is 1. The first-order chi connectivity index (χ1) is 14.1. The largest absolute Gasteiger partial charge is 0.378 e. The lowest BCUT2D eigenvalue weighted by atomic mass is 10.1. The minimum absolute atomic E-state index is 0.105. The molecule has 0 radical (unpaired) electrons. The number of benzene rings is 2. The Morgan fingerprint density at radius 3 is 2.62 bits per heavy atom. The Morgan fingerprint density at radius 1 is 1.14 bits per heavy atom. The summed E-state index contributed by atoms with van der Waals surface area (Å²) < 4.78 is 7.65. The molecule has 1 aliphatic rings. The summed E-state index contributed by atoms with van der Waals surface area (Å²) in [7, 11) is 0. The molecule has 0 spiro atoms. The van der Waals surface area contributed by atoms with Gasteiger partial charge in [-0.05, 0) is 55.8 Å². The molecule has 1 fully saturated rings. The lowest BCUT2D eigenvalue weighted by molar-refractivity contribution is 0.102. The van der Waals surface area contributed by atoms with Gasteiger partial charge in [0.15, 0.2) is 0 Å². The van der Waals surface area contributed by atoms with Gasteiger partial charge in [-0.25, -0.2) is 4.98 Å². The molecule has 1 saturated heterocycles. The van der Waals surface area contributed by atoms with Crippen molar-refractivity contribution in [2.45, 2.75) is 33.7 Å². The van der Waals surface area contributed by atoms with Crippen molar-refractivity contribution in [1.82, 2.24) is 9.55 Å². The molecule has 0 saturated carbocycles. The quantitative estimate of drug-likeness (QED) is 0.713. The number of carbonyl (C=O) groups is 1. The van der Waals surface area contributed by atoms with Crippen LogP contribution >= 0.6 is 0 Å². The lowest BCUT2D eigenvalue weighted by Gasteiger charge is -2.30. The highest BCUT2D eigenvalue weighted by Gasteiger charge is 2.16. The van der Waals surface area contributed by atoms with Gasteiger partial charge in [-0.1, -0.05) is 6.92 Å². The summed E-state index contributed by atoms with van der Waals surface area (Å²) in [6, 6.07) is 11.8. The Balaban J connectivity index is 1.53. The highest BCUT2D eigenvalue weighted by atomic mass is 16.5. The first-order valence-corrected chi connectivity index (χ1v) is 10.3. The highest BCUT2D eigenvalue weighted by Crippen LogP contribution is 2.24. The summed E-state index contributed by atoms with van der Waals surface area (Å²) in [4.78, 5) is 19.8. The fourth-order valence-electron chi connectivity index (χ4n) is 4.04. The predicted molar refractivity (Wildman–Crippen MR) is 117 cm³/mol. The number of rotatable bonds is 5. The second-order valence-electron chi connectivity index (χ2n) is 7.38.